The molecule has 0 rings (SSSR count). The third-order valence-electron chi connectivity index (χ3n) is 2.65. The molecular weight excluding hydrogens is 244 g/mol. The minimum Gasteiger partial charge on any atom is -0.481 e. The van der Waals surface area contributed by atoms with Crippen molar-refractivity contribution in [2.45, 2.75) is 51.9 Å². The molecule has 19 heavy (non-hydrogen) atoms. The van der Waals surface area contributed by atoms with Gasteiger partial charge in [0.05, 0.1) is 13.0 Å². The average molecular weight is 268 g/mol. The number of esters is 1. The maximum Gasteiger partial charge on any atom is 0.334 e. The summed E-state index contributed by atoms with van der Waals surface area (Å²) in [7, 11) is 0. The van der Waals surface area contributed by atoms with Crippen LogP contribution in [0.5, 0.6) is 0 Å². The number of unbranched alkanes of at least 4 members (excludes halogenated alkanes) is 5. The molecule has 4 heteroatoms. The molecule has 0 saturated carbocycles. The Hall–Kier alpha value is -1.58. The molecule has 4 nitrogen and oxygen atoms in total. The fourth-order valence-corrected chi connectivity index (χ4v) is 1.64. The molecular formula is C15H24O4. The van der Waals surface area contributed by atoms with Crippen molar-refractivity contribution in [1.29, 1.82) is 0 Å². The molecule has 1 N–H and O–H groups in total. The van der Waals surface area contributed by atoms with Crippen molar-refractivity contribution in [2.75, 3.05) is 6.61 Å². The predicted molar refractivity (Wildman–Crippen MR) is 74.9 cm³/mol. The van der Waals surface area contributed by atoms with Crippen LogP contribution < -0.4 is 0 Å². The van der Waals surface area contributed by atoms with Crippen LogP contribution in [0, 0.1) is 0 Å². The monoisotopic (exact) mass is 268 g/mol. The van der Waals surface area contributed by atoms with E-state index in [0.717, 1.165) is 19.3 Å². The summed E-state index contributed by atoms with van der Waals surface area (Å²) in [6.07, 6.45) is 9.12. The minimum absolute atomic E-state index is 0.133. The summed E-state index contributed by atoms with van der Waals surface area (Å²) < 4.78 is 5.05. The largest absolute Gasteiger partial charge is 0.481 e. The highest BCUT2D eigenvalue weighted by atomic mass is 16.5. The molecule has 0 spiro atoms. The zero-order chi connectivity index (χ0) is 14.5. The summed E-state index contributed by atoms with van der Waals surface area (Å²) in [6.45, 7) is 5.96. The van der Waals surface area contributed by atoms with Gasteiger partial charge in [-0.3, -0.25) is 4.79 Å². The summed E-state index contributed by atoms with van der Waals surface area (Å²) in [5.74, 6) is -1.61. The maximum absolute atomic E-state index is 11.6. The van der Waals surface area contributed by atoms with E-state index < -0.39 is 11.9 Å². The minimum atomic E-state index is -1.05. The van der Waals surface area contributed by atoms with E-state index in [2.05, 4.69) is 13.5 Å². The van der Waals surface area contributed by atoms with Crippen LogP contribution in [0.25, 0.3) is 0 Å². The zero-order valence-corrected chi connectivity index (χ0v) is 11.7. The summed E-state index contributed by atoms with van der Waals surface area (Å²) >= 11 is 0. The van der Waals surface area contributed by atoms with Gasteiger partial charge in [0.25, 0.3) is 0 Å². The summed E-state index contributed by atoms with van der Waals surface area (Å²) in [6, 6.07) is 0. The second-order valence-corrected chi connectivity index (χ2v) is 4.40. The molecule has 0 aliphatic carbocycles. The quantitative estimate of drug-likeness (QED) is 0.270. The molecule has 0 bridgehead atoms. The molecule has 0 aromatic carbocycles. The number of hydrogen-bond acceptors (Lipinski definition) is 3. The van der Waals surface area contributed by atoms with E-state index in [9.17, 15) is 9.59 Å². The van der Waals surface area contributed by atoms with E-state index in [1.807, 2.05) is 0 Å². The highest BCUT2D eigenvalue weighted by Gasteiger charge is 2.13. The third kappa shape index (κ3) is 10.1. The molecule has 108 valence electrons. The summed E-state index contributed by atoms with van der Waals surface area (Å²) in [5.41, 5.74) is 0.133. The SMILES string of the molecule is C=CC=C(CC(=O)O)C(=O)OCCCCCCCC. The Bertz CT molecular complexity index is 318. The highest BCUT2D eigenvalue weighted by molar-refractivity contribution is 5.93. The van der Waals surface area contributed by atoms with Crippen LogP contribution in [0.2, 0.25) is 0 Å². The smallest absolute Gasteiger partial charge is 0.334 e. The number of carbonyl (C=O) groups is 2. The van der Waals surface area contributed by atoms with Gasteiger partial charge in [-0.05, 0) is 6.42 Å². The van der Waals surface area contributed by atoms with Gasteiger partial charge in [0.15, 0.2) is 0 Å². The van der Waals surface area contributed by atoms with E-state index in [4.69, 9.17) is 9.84 Å². The zero-order valence-electron chi connectivity index (χ0n) is 11.7. The van der Waals surface area contributed by atoms with Crippen molar-refractivity contribution in [3.8, 4) is 0 Å². The molecule has 0 aromatic heterocycles. The number of carbonyl (C=O) groups excluding carboxylic acids is 1. The number of hydrogen-bond donors (Lipinski definition) is 1. The standard InChI is InChI=1S/C15H24O4/c1-3-5-6-7-8-9-11-19-15(18)13(10-4-2)12-14(16)17/h4,10H,2-3,5-9,11-12H2,1H3,(H,16,17). The fraction of sp³-hybridized carbons (Fsp3) is 0.600. The molecule has 0 radical (unpaired) electrons. The topological polar surface area (TPSA) is 63.6 Å². The lowest BCUT2D eigenvalue weighted by Gasteiger charge is -2.06. The molecule has 0 aliphatic rings. The Balaban J connectivity index is 3.85. The third-order valence-corrected chi connectivity index (χ3v) is 2.65. The summed E-state index contributed by atoms with van der Waals surface area (Å²) in [4.78, 5) is 22.2. The van der Waals surface area contributed by atoms with E-state index >= 15 is 0 Å². The summed E-state index contributed by atoms with van der Waals surface area (Å²) in [5, 5.41) is 8.67. The van der Waals surface area contributed by atoms with Gasteiger partial charge >= 0.3 is 11.9 Å². The Morgan fingerprint density at radius 3 is 2.37 bits per heavy atom. The number of carboxylic acid groups (broad SMARTS) is 1. The van der Waals surface area contributed by atoms with Crippen LogP contribution in [0.4, 0.5) is 0 Å². The average Bonchev–Trinajstić information content (AvgIpc) is 2.36. The van der Waals surface area contributed by atoms with Crippen LogP contribution in [0.3, 0.4) is 0 Å². The van der Waals surface area contributed by atoms with Gasteiger partial charge in [-0.2, -0.15) is 0 Å². The van der Waals surface area contributed by atoms with E-state index in [0.29, 0.717) is 6.61 Å². The van der Waals surface area contributed by atoms with Crippen LogP contribution >= 0.6 is 0 Å². The first-order valence-electron chi connectivity index (χ1n) is 6.82. The molecule has 0 amide bonds. The van der Waals surface area contributed by atoms with Crippen LogP contribution in [-0.4, -0.2) is 23.7 Å². The maximum atomic E-state index is 11.6. The molecule has 0 heterocycles. The second-order valence-electron chi connectivity index (χ2n) is 4.40. The second kappa shape index (κ2) is 11.5. The Morgan fingerprint density at radius 2 is 1.79 bits per heavy atom. The van der Waals surface area contributed by atoms with Crippen molar-refractivity contribution < 1.29 is 19.4 Å². The molecule has 0 unspecified atom stereocenters. The van der Waals surface area contributed by atoms with Gasteiger partial charge in [-0.15, -0.1) is 0 Å². The Labute approximate surface area is 115 Å². The number of rotatable bonds is 11. The molecule has 0 saturated heterocycles. The van der Waals surface area contributed by atoms with Crippen molar-refractivity contribution in [1.82, 2.24) is 0 Å². The van der Waals surface area contributed by atoms with E-state index in [1.165, 1.54) is 31.4 Å². The molecule has 0 atom stereocenters. The van der Waals surface area contributed by atoms with Gasteiger partial charge in [-0.1, -0.05) is 57.8 Å². The van der Waals surface area contributed by atoms with E-state index in [1.54, 1.807) is 0 Å². The molecule has 0 aromatic rings. The first-order valence-corrected chi connectivity index (χ1v) is 6.82. The number of ether oxygens (including phenoxy) is 1. The number of aliphatic carboxylic acids is 1. The first kappa shape index (κ1) is 17.4. The lowest BCUT2D eigenvalue weighted by atomic mass is 10.1. The van der Waals surface area contributed by atoms with Crippen LogP contribution in [0.15, 0.2) is 24.3 Å². The first-order chi connectivity index (χ1) is 9.11. The lowest BCUT2D eigenvalue weighted by Crippen LogP contribution is -2.12. The Morgan fingerprint density at radius 1 is 1.16 bits per heavy atom. The van der Waals surface area contributed by atoms with Crippen molar-refractivity contribution in [2.24, 2.45) is 0 Å². The number of allylic oxidation sites excluding steroid dienone is 2. The van der Waals surface area contributed by atoms with Gasteiger partial charge in [-0.25, -0.2) is 4.79 Å². The van der Waals surface area contributed by atoms with Gasteiger partial charge in [0.2, 0.25) is 0 Å². The molecule has 0 fully saturated rings. The lowest BCUT2D eigenvalue weighted by molar-refractivity contribution is -0.143. The van der Waals surface area contributed by atoms with Gasteiger partial charge in [0.1, 0.15) is 0 Å². The predicted octanol–water partition coefficient (Wildman–Crippen LogP) is 3.48. The molecule has 0 aliphatic heterocycles. The fourth-order valence-electron chi connectivity index (χ4n) is 1.64. The highest BCUT2D eigenvalue weighted by Crippen LogP contribution is 2.08. The van der Waals surface area contributed by atoms with Crippen molar-refractivity contribution in [3.05, 3.63) is 24.3 Å². The van der Waals surface area contributed by atoms with Gasteiger partial charge < -0.3 is 9.84 Å². The Kier molecular flexibility index (Phi) is 10.6. The number of carboxylic acids is 1. The van der Waals surface area contributed by atoms with Crippen LogP contribution in [-0.2, 0) is 14.3 Å². The van der Waals surface area contributed by atoms with Crippen LogP contribution in [0.1, 0.15) is 51.9 Å². The normalized spacial score (nSPS) is 11.1. The van der Waals surface area contributed by atoms with Gasteiger partial charge in [0, 0.05) is 5.57 Å². The van der Waals surface area contributed by atoms with Crippen molar-refractivity contribution in [3.63, 3.8) is 0 Å². The van der Waals surface area contributed by atoms with Crippen molar-refractivity contribution >= 4 is 11.9 Å². The van der Waals surface area contributed by atoms with E-state index in [-0.39, 0.29) is 12.0 Å².